The lowest BCUT2D eigenvalue weighted by Gasteiger charge is -2.50. The van der Waals surface area contributed by atoms with Crippen molar-refractivity contribution in [1.29, 1.82) is 0 Å². The van der Waals surface area contributed by atoms with Crippen LogP contribution in [0.4, 0.5) is 0 Å². The maximum Gasteiger partial charge on any atom is 0.201 e. The fourth-order valence-corrected chi connectivity index (χ4v) is 3.84. The molecule has 2 bridgehead atoms. The summed E-state index contributed by atoms with van der Waals surface area (Å²) in [5, 5.41) is 0. The molecule has 4 fully saturated rings. The van der Waals surface area contributed by atoms with E-state index in [0.29, 0.717) is 5.92 Å². The first-order valence-electron chi connectivity index (χ1n) is 7.19. The van der Waals surface area contributed by atoms with Gasteiger partial charge in [-0.25, -0.2) is 9.78 Å². The second-order valence-corrected chi connectivity index (χ2v) is 6.23. The Hall–Kier alpha value is -0.160. The first-order chi connectivity index (χ1) is 8.62. The van der Waals surface area contributed by atoms with E-state index >= 15 is 0 Å². The van der Waals surface area contributed by atoms with E-state index in [2.05, 4.69) is 6.92 Å². The summed E-state index contributed by atoms with van der Waals surface area (Å²) in [6.07, 6.45) is 6.31. The average Bonchev–Trinajstić information content (AvgIpc) is 2.62. The zero-order chi connectivity index (χ0) is 12.8. The number of rotatable bonds is 2. The van der Waals surface area contributed by atoms with Crippen molar-refractivity contribution < 1.29 is 19.2 Å². The molecule has 4 heteroatoms. The standard InChI is InChI=1S/C14H24O4/c1-4-10-5-8-14-11(9-10)6-7-13(2,17-18-14)16-12(14)15-3/h10-12H,4-9H2,1-3H3/t10?,11?,12-,13?,14?/m0/s1. The van der Waals surface area contributed by atoms with Gasteiger partial charge in [-0.2, -0.15) is 0 Å². The van der Waals surface area contributed by atoms with Crippen molar-refractivity contribution in [3.63, 3.8) is 0 Å². The SMILES string of the molecule is CCC1CCC23OOC(C)(CCC2C1)O[C@@H]3OC. The molecule has 0 aromatic rings. The Morgan fingerprint density at radius 2 is 2.06 bits per heavy atom. The third kappa shape index (κ3) is 1.82. The van der Waals surface area contributed by atoms with Gasteiger partial charge in [-0.15, -0.1) is 0 Å². The van der Waals surface area contributed by atoms with Gasteiger partial charge < -0.3 is 9.47 Å². The van der Waals surface area contributed by atoms with Gasteiger partial charge in [0.1, 0.15) is 0 Å². The van der Waals surface area contributed by atoms with Crippen molar-refractivity contribution in [3.05, 3.63) is 0 Å². The zero-order valence-corrected chi connectivity index (χ0v) is 11.6. The second-order valence-electron chi connectivity index (χ2n) is 6.23. The summed E-state index contributed by atoms with van der Waals surface area (Å²) >= 11 is 0. The molecule has 4 aliphatic rings. The molecule has 4 unspecified atom stereocenters. The highest BCUT2D eigenvalue weighted by molar-refractivity contribution is 5.00. The third-order valence-electron chi connectivity index (χ3n) is 5.12. The van der Waals surface area contributed by atoms with Crippen molar-refractivity contribution in [2.45, 2.75) is 70.1 Å². The van der Waals surface area contributed by atoms with E-state index in [0.717, 1.165) is 25.2 Å². The minimum Gasteiger partial charge on any atom is -0.353 e. The van der Waals surface area contributed by atoms with Crippen molar-refractivity contribution in [1.82, 2.24) is 0 Å². The van der Waals surface area contributed by atoms with Gasteiger partial charge in [-0.1, -0.05) is 13.3 Å². The molecule has 4 nitrogen and oxygen atoms in total. The Bertz CT molecular complexity index is 321. The zero-order valence-electron chi connectivity index (χ0n) is 11.6. The molecule has 5 atom stereocenters. The Balaban J connectivity index is 1.90. The lowest BCUT2D eigenvalue weighted by atomic mass is 9.68. The van der Waals surface area contributed by atoms with Crippen molar-refractivity contribution in [2.75, 3.05) is 7.11 Å². The van der Waals surface area contributed by atoms with Crippen LogP contribution in [0.5, 0.6) is 0 Å². The number of hydrogen-bond donors (Lipinski definition) is 0. The van der Waals surface area contributed by atoms with Crippen LogP contribution in [0.2, 0.25) is 0 Å². The summed E-state index contributed by atoms with van der Waals surface area (Å²) in [6.45, 7) is 4.22. The maximum absolute atomic E-state index is 6.01. The van der Waals surface area contributed by atoms with Gasteiger partial charge >= 0.3 is 0 Å². The number of ether oxygens (including phenoxy) is 2. The predicted molar refractivity (Wildman–Crippen MR) is 65.5 cm³/mol. The highest BCUT2D eigenvalue weighted by atomic mass is 17.3. The van der Waals surface area contributed by atoms with Crippen molar-refractivity contribution in [3.8, 4) is 0 Å². The van der Waals surface area contributed by atoms with E-state index in [9.17, 15) is 0 Å². The van der Waals surface area contributed by atoms with E-state index in [1.54, 1.807) is 7.11 Å². The Labute approximate surface area is 109 Å². The molecule has 0 amide bonds. The molecular weight excluding hydrogens is 232 g/mol. The Morgan fingerprint density at radius 1 is 1.22 bits per heavy atom. The lowest BCUT2D eigenvalue weighted by molar-refractivity contribution is -0.548. The van der Waals surface area contributed by atoms with Crippen LogP contribution in [0, 0.1) is 11.8 Å². The number of methoxy groups -OCH3 is 1. The monoisotopic (exact) mass is 256 g/mol. The molecule has 3 saturated heterocycles. The molecule has 0 aromatic heterocycles. The summed E-state index contributed by atoms with van der Waals surface area (Å²) in [7, 11) is 1.70. The van der Waals surface area contributed by atoms with Crippen LogP contribution in [0.3, 0.4) is 0 Å². The smallest absolute Gasteiger partial charge is 0.201 e. The summed E-state index contributed by atoms with van der Waals surface area (Å²) in [5.41, 5.74) is -0.379. The Kier molecular flexibility index (Phi) is 3.17. The third-order valence-corrected chi connectivity index (χ3v) is 5.12. The molecule has 4 rings (SSSR count). The molecule has 104 valence electrons. The summed E-state index contributed by atoms with van der Waals surface area (Å²) < 4.78 is 11.6. The molecule has 1 aliphatic carbocycles. The molecular formula is C14H24O4. The maximum atomic E-state index is 6.01. The molecule has 1 spiro atoms. The van der Waals surface area contributed by atoms with E-state index in [4.69, 9.17) is 19.2 Å². The van der Waals surface area contributed by atoms with Gasteiger partial charge in [0.05, 0.1) is 0 Å². The lowest BCUT2D eigenvalue weighted by Crippen LogP contribution is -2.60. The van der Waals surface area contributed by atoms with E-state index in [1.807, 2.05) is 6.92 Å². The molecule has 18 heavy (non-hydrogen) atoms. The molecule has 3 aliphatic heterocycles. The molecule has 0 aromatic carbocycles. The first kappa shape index (κ1) is 12.9. The fourth-order valence-electron chi connectivity index (χ4n) is 3.84. The summed E-state index contributed by atoms with van der Waals surface area (Å²) in [5.74, 6) is 0.669. The summed E-state index contributed by atoms with van der Waals surface area (Å²) in [4.78, 5) is 11.4. The van der Waals surface area contributed by atoms with Crippen LogP contribution in [0.25, 0.3) is 0 Å². The van der Waals surface area contributed by atoms with Crippen LogP contribution in [-0.2, 0) is 19.2 Å². The van der Waals surface area contributed by atoms with Gasteiger partial charge in [-0.05, 0) is 44.4 Å². The van der Waals surface area contributed by atoms with Gasteiger partial charge in [0.15, 0.2) is 11.9 Å². The van der Waals surface area contributed by atoms with Gasteiger partial charge in [-0.3, -0.25) is 0 Å². The predicted octanol–water partition coefficient (Wildman–Crippen LogP) is 3.01. The molecule has 3 heterocycles. The highest BCUT2D eigenvalue weighted by Crippen LogP contribution is 2.53. The van der Waals surface area contributed by atoms with E-state index < -0.39 is 5.79 Å². The topological polar surface area (TPSA) is 36.9 Å². The number of fused-ring (bicyclic) bond motifs is 3. The van der Waals surface area contributed by atoms with Gasteiger partial charge in [0, 0.05) is 13.5 Å². The minimum absolute atomic E-state index is 0.290. The van der Waals surface area contributed by atoms with Crippen molar-refractivity contribution >= 4 is 0 Å². The molecule has 1 saturated carbocycles. The minimum atomic E-state index is -0.634. The van der Waals surface area contributed by atoms with Crippen molar-refractivity contribution in [2.24, 2.45) is 11.8 Å². The quantitative estimate of drug-likeness (QED) is 0.712. The second kappa shape index (κ2) is 4.44. The van der Waals surface area contributed by atoms with Gasteiger partial charge in [0.2, 0.25) is 5.79 Å². The highest BCUT2D eigenvalue weighted by Gasteiger charge is 2.60. The first-order valence-corrected chi connectivity index (χ1v) is 7.19. The molecule has 0 N–H and O–H groups in total. The summed E-state index contributed by atoms with van der Waals surface area (Å²) in [6, 6.07) is 0. The van der Waals surface area contributed by atoms with Gasteiger partial charge in [0.25, 0.3) is 0 Å². The Morgan fingerprint density at radius 3 is 2.78 bits per heavy atom. The van der Waals surface area contributed by atoms with E-state index in [-0.39, 0.29) is 11.9 Å². The normalized spacial score (nSPS) is 51.8. The fraction of sp³-hybridized carbons (Fsp3) is 1.00. The van der Waals surface area contributed by atoms with Crippen LogP contribution < -0.4 is 0 Å². The number of hydrogen-bond acceptors (Lipinski definition) is 4. The molecule has 0 radical (unpaired) electrons. The van der Waals surface area contributed by atoms with Crippen LogP contribution in [-0.4, -0.2) is 24.8 Å². The average molecular weight is 256 g/mol. The van der Waals surface area contributed by atoms with Crippen LogP contribution >= 0.6 is 0 Å². The van der Waals surface area contributed by atoms with E-state index in [1.165, 1.54) is 19.3 Å². The largest absolute Gasteiger partial charge is 0.353 e. The van der Waals surface area contributed by atoms with Crippen LogP contribution in [0.1, 0.15) is 52.4 Å². The van der Waals surface area contributed by atoms with Crippen LogP contribution in [0.15, 0.2) is 0 Å².